The Bertz CT molecular complexity index is 649. The van der Waals surface area contributed by atoms with E-state index in [2.05, 4.69) is 33.6 Å². The van der Waals surface area contributed by atoms with E-state index in [1.807, 2.05) is 12.1 Å². The summed E-state index contributed by atoms with van der Waals surface area (Å²) >= 11 is 0. The molecule has 0 amide bonds. The summed E-state index contributed by atoms with van der Waals surface area (Å²) in [6, 6.07) is 5.38. The Hall–Kier alpha value is -1.33. The molecule has 2 bridgehead atoms. The first-order valence-corrected chi connectivity index (χ1v) is 7.97. The van der Waals surface area contributed by atoms with Gasteiger partial charge < -0.3 is 14.2 Å². The van der Waals surface area contributed by atoms with E-state index in [1.54, 1.807) is 0 Å². The normalized spacial score (nSPS) is 24.6. The van der Waals surface area contributed by atoms with E-state index in [9.17, 15) is 0 Å². The van der Waals surface area contributed by atoms with Gasteiger partial charge in [0.05, 0.1) is 0 Å². The Kier molecular flexibility index (Phi) is 4.28. The average Bonchev–Trinajstić information content (AvgIpc) is 2.68. The second-order valence-corrected chi connectivity index (χ2v) is 6.48. The molecular weight excluding hydrogens is 300 g/mol. The van der Waals surface area contributed by atoms with Crippen molar-refractivity contribution in [3.63, 3.8) is 0 Å². The molecule has 3 aliphatic rings. The molecule has 0 unspecified atom stereocenters. The fourth-order valence-corrected chi connectivity index (χ4v) is 3.40. The first kappa shape index (κ1) is 15.6. The predicted molar refractivity (Wildman–Crippen MR) is 89.9 cm³/mol. The van der Waals surface area contributed by atoms with Crippen molar-refractivity contribution in [2.45, 2.75) is 38.6 Å². The number of pyridine rings is 1. The van der Waals surface area contributed by atoms with Crippen molar-refractivity contribution in [2.75, 3.05) is 31.1 Å². The Morgan fingerprint density at radius 2 is 1.86 bits per heavy atom. The minimum absolute atomic E-state index is 0. The van der Waals surface area contributed by atoms with Gasteiger partial charge in [-0.2, -0.15) is 4.98 Å². The van der Waals surface area contributed by atoms with Crippen LogP contribution in [0.25, 0.3) is 11.2 Å². The van der Waals surface area contributed by atoms with Gasteiger partial charge in [-0.1, -0.05) is 13.8 Å². The third kappa shape index (κ3) is 2.68. The molecule has 0 N–H and O–H groups in total. The van der Waals surface area contributed by atoms with Crippen LogP contribution in [0.5, 0.6) is 0 Å². The van der Waals surface area contributed by atoms with Crippen LogP contribution in [-0.2, 0) is 0 Å². The van der Waals surface area contributed by atoms with Gasteiger partial charge in [-0.05, 0) is 30.9 Å². The third-order valence-corrected chi connectivity index (χ3v) is 4.76. The molecule has 3 fully saturated rings. The zero-order chi connectivity index (χ0) is 14.4. The quantitative estimate of drug-likeness (QED) is 0.850. The topological polar surface area (TPSA) is 45.4 Å². The molecule has 3 saturated heterocycles. The molecule has 0 spiro atoms. The summed E-state index contributed by atoms with van der Waals surface area (Å²) < 4.78 is 5.98. The summed E-state index contributed by atoms with van der Waals surface area (Å²) in [5.74, 6) is 0.413. The standard InChI is InChI=1S/C16H22N4O.ClH/c1-11(2)13-3-4-14-15(17-13)18-16(21-14)20-10-9-19-7-5-12(20)6-8-19;/h3-4,11-12H,5-10H2,1-2H3;1H. The summed E-state index contributed by atoms with van der Waals surface area (Å²) in [6.45, 7) is 8.83. The summed E-state index contributed by atoms with van der Waals surface area (Å²) in [7, 11) is 0. The smallest absolute Gasteiger partial charge is 0.300 e. The monoisotopic (exact) mass is 322 g/mol. The molecule has 2 aromatic rings. The fraction of sp³-hybridized carbons (Fsp3) is 0.625. The molecule has 120 valence electrons. The van der Waals surface area contributed by atoms with Gasteiger partial charge in [-0.3, -0.25) is 0 Å². The molecule has 5 nitrogen and oxygen atoms in total. The van der Waals surface area contributed by atoms with Crippen molar-refractivity contribution in [2.24, 2.45) is 0 Å². The fourth-order valence-electron chi connectivity index (χ4n) is 3.40. The number of oxazole rings is 1. The van der Waals surface area contributed by atoms with Crippen LogP contribution in [0.15, 0.2) is 16.5 Å². The summed E-state index contributed by atoms with van der Waals surface area (Å²) in [5.41, 5.74) is 2.62. The highest BCUT2D eigenvalue weighted by Crippen LogP contribution is 2.29. The minimum Gasteiger partial charge on any atom is -0.422 e. The van der Waals surface area contributed by atoms with E-state index in [0.717, 1.165) is 36.0 Å². The number of hydrogen-bond donors (Lipinski definition) is 0. The third-order valence-electron chi connectivity index (χ3n) is 4.76. The van der Waals surface area contributed by atoms with E-state index in [0.29, 0.717) is 12.0 Å². The first-order valence-electron chi connectivity index (χ1n) is 7.97. The summed E-state index contributed by atoms with van der Waals surface area (Å²) in [5, 5.41) is 0. The lowest BCUT2D eigenvalue weighted by molar-refractivity contribution is 0.249. The van der Waals surface area contributed by atoms with Crippen LogP contribution in [0.2, 0.25) is 0 Å². The number of hydrogen-bond acceptors (Lipinski definition) is 5. The van der Waals surface area contributed by atoms with Crippen LogP contribution in [0, 0.1) is 0 Å². The van der Waals surface area contributed by atoms with Gasteiger partial charge in [-0.25, -0.2) is 4.98 Å². The highest BCUT2D eigenvalue weighted by molar-refractivity contribution is 5.85. The van der Waals surface area contributed by atoms with Gasteiger partial charge in [0.1, 0.15) is 0 Å². The number of halogens is 1. The van der Waals surface area contributed by atoms with Gasteiger partial charge >= 0.3 is 0 Å². The van der Waals surface area contributed by atoms with Gasteiger partial charge in [0.2, 0.25) is 5.65 Å². The van der Waals surface area contributed by atoms with Crippen LogP contribution in [-0.4, -0.2) is 47.1 Å². The zero-order valence-corrected chi connectivity index (χ0v) is 14.0. The second-order valence-electron chi connectivity index (χ2n) is 6.48. The Balaban J connectivity index is 0.00000144. The maximum atomic E-state index is 5.98. The number of fused-ring (bicyclic) bond motifs is 5. The van der Waals surface area contributed by atoms with Crippen LogP contribution < -0.4 is 4.90 Å². The van der Waals surface area contributed by atoms with Crippen LogP contribution in [0.4, 0.5) is 6.01 Å². The highest BCUT2D eigenvalue weighted by atomic mass is 35.5. The lowest BCUT2D eigenvalue weighted by Crippen LogP contribution is -2.38. The number of rotatable bonds is 2. The van der Waals surface area contributed by atoms with Crippen LogP contribution >= 0.6 is 12.4 Å². The SMILES string of the molecule is CC(C)c1ccc2oc(N3CCN4CCC3CC4)nc2n1.Cl. The second kappa shape index (κ2) is 6.05. The van der Waals surface area contributed by atoms with Crippen molar-refractivity contribution in [1.29, 1.82) is 0 Å². The Morgan fingerprint density at radius 3 is 2.59 bits per heavy atom. The lowest BCUT2D eigenvalue weighted by Gasteiger charge is -2.30. The minimum atomic E-state index is 0. The number of nitrogens with zero attached hydrogens (tertiary/aromatic N) is 4. The molecule has 5 heterocycles. The lowest BCUT2D eigenvalue weighted by atomic mass is 10.1. The van der Waals surface area contributed by atoms with Gasteiger partial charge in [0.25, 0.3) is 6.01 Å². The molecule has 3 aliphatic heterocycles. The molecule has 0 aliphatic carbocycles. The van der Waals surface area contributed by atoms with Crippen molar-refractivity contribution >= 4 is 29.7 Å². The van der Waals surface area contributed by atoms with Crippen molar-refractivity contribution in [3.8, 4) is 0 Å². The van der Waals surface area contributed by atoms with E-state index in [1.165, 1.54) is 25.9 Å². The molecule has 22 heavy (non-hydrogen) atoms. The zero-order valence-electron chi connectivity index (χ0n) is 13.2. The first-order chi connectivity index (χ1) is 10.2. The van der Waals surface area contributed by atoms with Crippen LogP contribution in [0.1, 0.15) is 38.3 Å². The number of aromatic nitrogens is 2. The predicted octanol–water partition coefficient (Wildman–Crippen LogP) is 3.05. The summed E-state index contributed by atoms with van der Waals surface area (Å²) in [6.07, 6.45) is 2.42. The van der Waals surface area contributed by atoms with E-state index < -0.39 is 0 Å². The molecule has 0 saturated carbocycles. The van der Waals surface area contributed by atoms with E-state index in [4.69, 9.17) is 4.42 Å². The molecule has 0 atom stereocenters. The van der Waals surface area contributed by atoms with Crippen LogP contribution in [0.3, 0.4) is 0 Å². The maximum Gasteiger partial charge on any atom is 0.300 e. The van der Waals surface area contributed by atoms with E-state index >= 15 is 0 Å². The number of piperidine rings is 1. The number of anilines is 1. The van der Waals surface area contributed by atoms with Crippen molar-refractivity contribution < 1.29 is 4.42 Å². The molecule has 2 aromatic heterocycles. The highest BCUT2D eigenvalue weighted by Gasteiger charge is 2.31. The molecular formula is C16H23ClN4O. The van der Waals surface area contributed by atoms with Gasteiger partial charge in [0, 0.05) is 37.9 Å². The molecule has 0 aromatic carbocycles. The molecule has 5 rings (SSSR count). The largest absolute Gasteiger partial charge is 0.422 e. The van der Waals surface area contributed by atoms with Crippen molar-refractivity contribution in [3.05, 3.63) is 17.8 Å². The van der Waals surface area contributed by atoms with Gasteiger partial charge in [0.15, 0.2) is 5.58 Å². The van der Waals surface area contributed by atoms with Crippen molar-refractivity contribution in [1.82, 2.24) is 14.9 Å². The Labute approximate surface area is 137 Å². The summed E-state index contributed by atoms with van der Waals surface area (Å²) in [4.78, 5) is 14.2. The molecule has 6 heteroatoms. The Morgan fingerprint density at radius 1 is 1.09 bits per heavy atom. The maximum absolute atomic E-state index is 5.98. The molecule has 0 radical (unpaired) electrons. The van der Waals surface area contributed by atoms with E-state index in [-0.39, 0.29) is 12.4 Å². The van der Waals surface area contributed by atoms with Gasteiger partial charge in [-0.15, -0.1) is 12.4 Å². The average molecular weight is 323 g/mol.